The molecule has 0 aliphatic carbocycles. The lowest BCUT2D eigenvalue weighted by molar-refractivity contribution is -0.141. The predicted molar refractivity (Wildman–Crippen MR) is 93.3 cm³/mol. The highest BCUT2D eigenvalue weighted by Crippen LogP contribution is 2.21. The fourth-order valence-electron chi connectivity index (χ4n) is 3.15. The Kier molecular flexibility index (Phi) is 4.39. The average molecular weight is 341 g/mol. The van der Waals surface area contributed by atoms with Crippen molar-refractivity contribution in [2.45, 2.75) is 33.1 Å². The van der Waals surface area contributed by atoms with Crippen molar-refractivity contribution in [1.29, 1.82) is 0 Å². The van der Waals surface area contributed by atoms with Crippen molar-refractivity contribution < 1.29 is 14.4 Å². The number of nitrogens with zero attached hydrogens (tertiary/aromatic N) is 1. The molecule has 0 radical (unpaired) electrons. The average Bonchev–Trinajstić information content (AvgIpc) is 2.87. The van der Waals surface area contributed by atoms with Gasteiger partial charge in [-0.05, 0) is 31.0 Å². The molecule has 1 aliphatic heterocycles. The van der Waals surface area contributed by atoms with Crippen LogP contribution in [0.15, 0.2) is 23.0 Å². The van der Waals surface area contributed by atoms with Gasteiger partial charge in [0.05, 0.1) is 5.52 Å². The zero-order chi connectivity index (χ0) is 18.1. The summed E-state index contributed by atoms with van der Waals surface area (Å²) in [6.07, 6.45) is 0.957. The maximum atomic E-state index is 12.1. The van der Waals surface area contributed by atoms with Crippen LogP contribution in [0.25, 0.3) is 10.9 Å². The topological polar surface area (TPSA) is 99.3 Å². The summed E-state index contributed by atoms with van der Waals surface area (Å²) in [6.45, 7) is 3.54. The number of aromatic amines is 1. The second kappa shape index (κ2) is 6.51. The lowest BCUT2D eigenvalue weighted by atomic mass is 10.0. The van der Waals surface area contributed by atoms with E-state index in [-0.39, 0.29) is 36.8 Å². The Balaban J connectivity index is 1.82. The van der Waals surface area contributed by atoms with Gasteiger partial charge in [0, 0.05) is 29.5 Å². The van der Waals surface area contributed by atoms with Gasteiger partial charge in [0.1, 0.15) is 6.54 Å². The minimum Gasteiger partial charge on any atom is -0.324 e. The quantitative estimate of drug-likeness (QED) is 0.823. The van der Waals surface area contributed by atoms with Crippen molar-refractivity contribution in [3.8, 4) is 0 Å². The highest BCUT2D eigenvalue weighted by molar-refractivity contribution is 6.06. The first-order valence-corrected chi connectivity index (χ1v) is 8.19. The lowest BCUT2D eigenvalue weighted by Gasteiger charge is -2.14. The maximum absolute atomic E-state index is 12.1. The number of carbonyl (C=O) groups is 3. The van der Waals surface area contributed by atoms with Gasteiger partial charge < -0.3 is 10.3 Å². The number of H-pyrrole nitrogens is 1. The van der Waals surface area contributed by atoms with Crippen LogP contribution in [0.1, 0.15) is 30.9 Å². The van der Waals surface area contributed by atoms with Crippen LogP contribution in [0.2, 0.25) is 0 Å². The van der Waals surface area contributed by atoms with E-state index in [2.05, 4.69) is 10.3 Å². The largest absolute Gasteiger partial charge is 0.324 e. The number of imide groups is 1. The van der Waals surface area contributed by atoms with Crippen molar-refractivity contribution in [2.24, 2.45) is 0 Å². The van der Waals surface area contributed by atoms with E-state index >= 15 is 0 Å². The van der Waals surface area contributed by atoms with Crippen molar-refractivity contribution in [3.63, 3.8) is 0 Å². The van der Waals surface area contributed by atoms with Crippen LogP contribution in [0.3, 0.4) is 0 Å². The molecule has 3 amide bonds. The maximum Gasteiger partial charge on any atom is 0.251 e. The molecule has 1 aromatic heterocycles. The Bertz CT molecular complexity index is 929. The van der Waals surface area contributed by atoms with Crippen LogP contribution in [0, 0.1) is 6.92 Å². The first kappa shape index (κ1) is 16.9. The van der Waals surface area contributed by atoms with E-state index in [4.69, 9.17) is 0 Å². The SMILES string of the molecule is CCc1c(C)c2ccc(NC(=O)CN3C(=O)CCC3=O)cc2[nH]c1=O. The predicted octanol–water partition coefficient (Wildman–Crippen LogP) is 1.49. The second-order valence-corrected chi connectivity index (χ2v) is 6.09. The molecule has 1 aliphatic rings. The number of nitrogens with one attached hydrogen (secondary N) is 2. The van der Waals surface area contributed by atoms with Gasteiger partial charge in [0.2, 0.25) is 17.7 Å². The lowest BCUT2D eigenvalue weighted by Crippen LogP contribution is -2.36. The van der Waals surface area contributed by atoms with Gasteiger partial charge in [0.25, 0.3) is 5.56 Å². The van der Waals surface area contributed by atoms with Crippen molar-refractivity contribution in [1.82, 2.24) is 9.88 Å². The molecule has 2 aromatic rings. The minimum atomic E-state index is -0.452. The zero-order valence-electron chi connectivity index (χ0n) is 14.1. The Morgan fingerprint density at radius 3 is 2.52 bits per heavy atom. The number of amides is 3. The number of fused-ring (bicyclic) bond motifs is 1. The summed E-state index contributed by atoms with van der Waals surface area (Å²) in [5.74, 6) is -1.11. The van der Waals surface area contributed by atoms with Crippen LogP contribution in [0.5, 0.6) is 0 Å². The van der Waals surface area contributed by atoms with Gasteiger partial charge in [-0.1, -0.05) is 13.0 Å². The van der Waals surface area contributed by atoms with Gasteiger partial charge >= 0.3 is 0 Å². The van der Waals surface area contributed by atoms with Crippen LogP contribution in [-0.2, 0) is 20.8 Å². The molecule has 25 heavy (non-hydrogen) atoms. The fourth-order valence-corrected chi connectivity index (χ4v) is 3.15. The smallest absolute Gasteiger partial charge is 0.251 e. The third-order valence-electron chi connectivity index (χ3n) is 4.49. The molecule has 1 fully saturated rings. The molecule has 130 valence electrons. The van der Waals surface area contributed by atoms with Crippen LogP contribution in [0.4, 0.5) is 5.69 Å². The number of aryl methyl sites for hydroxylation is 1. The van der Waals surface area contributed by atoms with Gasteiger partial charge in [-0.2, -0.15) is 0 Å². The van der Waals surface area contributed by atoms with Gasteiger partial charge in [0.15, 0.2) is 0 Å². The molecule has 3 rings (SSSR count). The van der Waals surface area contributed by atoms with E-state index < -0.39 is 5.91 Å². The highest BCUT2D eigenvalue weighted by Gasteiger charge is 2.30. The Morgan fingerprint density at radius 2 is 1.88 bits per heavy atom. The third-order valence-corrected chi connectivity index (χ3v) is 4.49. The number of likely N-dealkylation sites (tertiary alicyclic amines) is 1. The molecular formula is C18H19N3O4. The first-order chi connectivity index (χ1) is 11.9. The molecule has 1 saturated heterocycles. The summed E-state index contributed by atoms with van der Waals surface area (Å²) in [7, 11) is 0. The number of hydrogen-bond acceptors (Lipinski definition) is 4. The number of benzene rings is 1. The molecule has 2 heterocycles. The molecule has 1 aromatic carbocycles. The molecule has 0 atom stereocenters. The molecule has 0 bridgehead atoms. The second-order valence-electron chi connectivity index (χ2n) is 6.09. The number of carbonyl (C=O) groups excluding carboxylic acids is 3. The summed E-state index contributed by atoms with van der Waals surface area (Å²) in [5.41, 5.74) is 2.66. The molecule has 0 spiro atoms. The number of anilines is 1. The van der Waals surface area contributed by atoms with E-state index in [0.717, 1.165) is 21.4 Å². The van der Waals surface area contributed by atoms with Gasteiger partial charge in [-0.25, -0.2) is 0 Å². The molecule has 7 heteroatoms. The summed E-state index contributed by atoms with van der Waals surface area (Å²) in [6, 6.07) is 5.24. The molecular weight excluding hydrogens is 322 g/mol. The van der Waals surface area contributed by atoms with Crippen molar-refractivity contribution >= 4 is 34.3 Å². The van der Waals surface area contributed by atoms with Crippen molar-refractivity contribution in [3.05, 3.63) is 39.7 Å². The zero-order valence-corrected chi connectivity index (χ0v) is 14.1. The van der Waals surface area contributed by atoms with Crippen LogP contribution >= 0.6 is 0 Å². The van der Waals surface area contributed by atoms with Gasteiger partial charge in [-0.15, -0.1) is 0 Å². The summed E-state index contributed by atoms with van der Waals surface area (Å²) in [4.78, 5) is 51.1. The Morgan fingerprint density at radius 1 is 1.20 bits per heavy atom. The monoisotopic (exact) mass is 341 g/mol. The molecule has 0 unspecified atom stereocenters. The Hall–Kier alpha value is -2.96. The molecule has 2 N–H and O–H groups in total. The number of rotatable bonds is 4. The van der Waals surface area contributed by atoms with Crippen LogP contribution < -0.4 is 10.9 Å². The number of aromatic nitrogens is 1. The Labute approximate surface area is 144 Å². The van der Waals surface area contributed by atoms with E-state index in [9.17, 15) is 19.2 Å². The van der Waals surface area contributed by atoms with Gasteiger partial charge in [-0.3, -0.25) is 24.1 Å². The third kappa shape index (κ3) is 3.17. The highest BCUT2D eigenvalue weighted by atomic mass is 16.2. The number of hydrogen-bond donors (Lipinski definition) is 2. The van der Waals surface area contributed by atoms with Crippen molar-refractivity contribution in [2.75, 3.05) is 11.9 Å². The summed E-state index contributed by atoms with van der Waals surface area (Å²) < 4.78 is 0. The molecule has 0 saturated carbocycles. The van der Waals surface area contributed by atoms with E-state index in [1.54, 1.807) is 12.1 Å². The van der Waals surface area contributed by atoms with E-state index in [0.29, 0.717) is 17.6 Å². The minimum absolute atomic E-state index is 0.135. The summed E-state index contributed by atoms with van der Waals surface area (Å²) >= 11 is 0. The standard InChI is InChI=1S/C18H19N3O4/c1-3-12-10(2)13-5-4-11(8-14(13)20-18(12)25)19-15(22)9-21-16(23)6-7-17(21)24/h4-5,8H,3,6-7,9H2,1-2H3,(H,19,22)(H,20,25). The fraction of sp³-hybridized carbons (Fsp3) is 0.333. The molecule has 7 nitrogen and oxygen atoms in total. The number of pyridine rings is 1. The van der Waals surface area contributed by atoms with E-state index in [1.165, 1.54) is 0 Å². The first-order valence-electron chi connectivity index (χ1n) is 8.19. The summed E-state index contributed by atoms with van der Waals surface area (Å²) in [5, 5.41) is 3.58. The normalized spacial score (nSPS) is 14.4. The van der Waals surface area contributed by atoms with E-state index in [1.807, 2.05) is 19.9 Å². The van der Waals surface area contributed by atoms with Crippen LogP contribution in [-0.4, -0.2) is 34.2 Å².